The number of fused-ring (bicyclic) bond motifs is 2. The maximum atomic E-state index is 12.3. The molecule has 0 saturated carbocycles. The molecule has 2 N–H and O–H groups in total. The maximum absolute atomic E-state index is 12.3. The number of aryl methyl sites for hydroxylation is 1. The lowest BCUT2D eigenvalue weighted by atomic mass is 9.82. The van der Waals surface area contributed by atoms with Crippen LogP contribution in [0.3, 0.4) is 0 Å². The molecular weight excluding hydrogens is 286 g/mol. The Kier molecular flexibility index (Phi) is 5.01. The Hall–Kier alpha value is -1.81. The quantitative estimate of drug-likeness (QED) is 0.833. The Morgan fingerprint density at radius 3 is 2.74 bits per heavy atom. The van der Waals surface area contributed by atoms with Crippen LogP contribution >= 0.6 is 0 Å². The molecule has 2 heterocycles. The van der Waals surface area contributed by atoms with Gasteiger partial charge < -0.3 is 10.6 Å². The van der Waals surface area contributed by atoms with Gasteiger partial charge >= 0.3 is 6.03 Å². The summed E-state index contributed by atoms with van der Waals surface area (Å²) in [5.41, 5.74) is 2.00. The monoisotopic (exact) mass is 313 g/mol. The van der Waals surface area contributed by atoms with E-state index in [1.54, 1.807) is 0 Å². The number of hydrogen-bond donors (Lipinski definition) is 2. The van der Waals surface area contributed by atoms with Crippen LogP contribution in [0.25, 0.3) is 0 Å². The Labute approximate surface area is 138 Å². The average Bonchev–Trinajstić information content (AvgIpc) is 2.48. The lowest BCUT2D eigenvalue weighted by Crippen LogP contribution is -2.57. The predicted molar refractivity (Wildman–Crippen MR) is 94.7 cm³/mol. The molecule has 2 aliphatic heterocycles. The van der Waals surface area contributed by atoms with Crippen molar-refractivity contribution in [2.45, 2.75) is 57.2 Å². The molecule has 2 amide bonds. The highest BCUT2D eigenvalue weighted by Gasteiger charge is 2.37. The largest absolute Gasteiger partial charge is 0.335 e. The van der Waals surface area contributed by atoms with E-state index in [0.717, 1.165) is 30.6 Å². The SMILES string of the molecule is C=CCN1C2CCCC1CC(NC(=O)Nc1cccc(C)c1)C2. The van der Waals surface area contributed by atoms with Crippen molar-refractivity contribution in [1.82, 2.24) is 10.2 Å². The van der Waals surface area contributed by atoms with E-state index in [1.165, 1.54) is 19.3 Å². The van der Waals surface area contributed by atoms with E-state index >= 15 is 0 Å². The first-order valence-corrected chi connectivity index (χ1v) is 8.66. The minimum Gasteiger partial charge on any atom is -0.335 e. The molecule has 0 spiro atoms. The standard InChI is InChI=1S/C19H27N3O/c1-3-10-22-17-8-5-9-18(22)13-16(12-17)21-19(23)20-15-7-4-6-14(2)11-15/h3-4,6-7,11,16-18H,1,5,8-10,12-13H2,2H3,(H2,20,21,23). The normalized spacial score (nSPS) is 27.3. The van der Waals surface area contributed by atoms with Gasteiger partial charge in [0.05, 0.1) is 0 Å². The number of carbonyl (C=O) groups excluding carboxylic acids is 1. The minimum atomic E-state index is -0.0872. The first kappa shape index (κ1) is 16.1. The van der Waals surface area contributed by atoms with E-state index in [-0.39, 0.29) is 12.1 Å². The van der Waals surface area contributed by atoms with E-state index in [4.69, 9.17) is 0 Å². The third kappa shape index (κ3) is 3.94. The number of anilines is 1. The molecule has 2 atom stereocenters. The molecular formula is C19H27N3O. The summed E-state index contributed by atoms with van der Waals surface area (Å²) >= 11 is 0. The summed E-state index contributed by atoms with van der Waals surface area (Å²) < 4.78 is 0. The molecule has 2 fully saturated rings. The van der Waals surface area contributed by atoms with Gasteiger partial charge in [-0.15, -0.1) is 6.58 Å². The van der Waals surface area contributed by atoms with Gasteiger partial charge in [-0.2, -0.15) is 0 Å². The van der Waals surface area contributed by atoms with Gasteiger partial charge in [-0.1, -0.05) is 24.6 Å². The molecule has 0 aromatic heterocycles. The van der Waals surface area contributed by atoms with Gasteiger partial charge in [-0.3, -0.25) is 4.90 Å². The van der Waals surface area contributed by atoms with Gasteiger partial charge in [-0.25, -0.2) is 4.79 Å². The number of nitrogens with zero attached hydrogens (tertiary/aromatic N) is 1. The summed E-state index contributed by atoms with van der Waals surface area (Å²) in [6.07, 6.45) is 7.88. The predicted octanol–water partition coefficient (Wildman–Crippen LogP) is 3.69. The molecule has 1 aromatic rings. The van der Waals surface area contributed by atoms with Crippen LogP contribution in [0.5, 0.6) is 0 Å². The molecule has 2 unspecified atom stereocenters. The zero-order chi connectivity index (χ0) is 16.2. The van der Waals surface area contributed by atoms with E-state index < -0.39 is 0 Å². The highest BCUT2D eigenvalue weighted by Crippen LogP contribution is 2.33. The molecule has 2 saturated heterocycles. The van der Waals surface area contributed by atoms with Crippen LogP contribution in [0.1, 0.15) is 37.7 Å². The van der Waals surface area contributed by atoms with Gasteiger partial charge in [0.25, 0.3) is 0 Å². The molecule has 2 bridgehead atoms. The number of urea groups is 1. The molecule has 3 rings (SSSR count). The summed E-state index contributed by atoms with van der Waals surface area (Å²) in [5.74, 6) is 0. The second kappa shape index (κ2) is 7.18. The number of nitrogens with one attached hydrogen (secondary N) is 2. The van der Waals surface area contributed by atoms with Crippen LogP contribution in [0.15, 0.2) is 36.9 Å². The van der Waals surface area contributed by atoms with Crippen LogP contribution < -0.4 is 10.6 Å². The molecule has 4 nitrogen and oxygen atoms in total. The van der Waals surface area contributed by atoms with Gasteiger partial charge in [0.2, 0.25) is 0 Å². The zero-order valence-corrected chi connectivity index (χ0v) is 13.9. The summed E-state index contributed by atoms with van der Waals surface area (Å²) in [6, 6.07) is 9.26. The smallest absolute Gasteiger partial charge is 0.319 e. The topological polar surface area (TPSA) is 44.4 Å². The maximum Gasteiger partial charge on any atom is 0.319 e. The van der Waals surface area contributed by atoms with Crippen molar-refractivity contribution >= 4 is 11.7 Å². The van der Waals surface area contributed by atoms with Gasteiger partial charge in [-0.05, 0) is 50.3 Å². The highest BCUT2D eigenvalue weighted by atomic mass is 16.2. The van der Waals surface area contributed by atoms with Crippen LogP contribution in [-0.2, 0) is 0 Å². The zero-order valence-electron chi connectivity index (χ0n) is 13.9. The first-order chi connectivity index (χ1) is 11.2. The van der Waals surface area contributed by atoms with E-state index in [9.17, 15) is 4.79 Å². The van der Waals surface area contributed by atoms with E-state index in [0.29, 0.717) is 12.1 Å². The third-order valence-electron chi connectivity index (χ3n) is 5.08. The summed E-state index contributed by atoms with van der Waals surface area (Å²) in [4.78, 5) is 14.8. The fourth-order valence-electron chi connectivity index (χ4n) is 4.12. The molecule has 0 aliphatic carbocycles. The van der Waals surface area contributed by atoms with Crippen LogP contribution in [0.2, 0.25) is 0 Å². The number of hydrogen-bond acceptors (Lipinski definition) is 2. The molecule has 124 valence electrons. The number of carbonyl (C=O) groups is 1. The lowest BCUT2D eigenvalue weighted by molar-refractivity contribution is 0.0375. The number of rotatable bonds is 4. The van der Waals surface area contributed by atoms with Crippen molar-refractivity contribution < 1.29 is 4.79 Å². The molecule has 23 heavy (non-hydrogen) atoms. The Balaban J connectivity index is 1.56. The van der Waals surface area contributed by atoms with Crippen molar-refractivity contribution in [3.8, 4) is 0 Å². The number of piperidine rings is 2. The first-order valence-electron chi connectivity index (χ1n) is 8.66. The number of benzene rings is 1. The van der Waals surface area contributed by atoms with E-state index in [2.05, 4.69) is 22.1 Å². The van der Waals surface area contributed by atoms with Gasteiger partial charge in [0.15, 0.2) is 0 Å². The summed E-state index contributed by atoms with van der Waals surface area (Å²) in [6.45, 7) is 6.88. The van der Waals surface area contributed by atoms with Crippen molar-refractivity contribution in [3.05, 3.63) is 42.5 Å². The second-order valence-corrected chi connectivity index (χ2v) is 6.86. The fourth-order valence-corrected chi connectivity index (χ4v) is 4.12. The van der Waals surface area contributed by atoms with Gasteiger partial charge in [0, 0.05) is 30.4 Å². The summed E-state index contributed by atoms with van der Waals surface area (Å²) in [5, 5.41) is 6.13. The van der Waals surface area contributed by atoms with E-state index in [1.807, 2.05) is 37.3 Å². The average molecular weight is 313 g/mol. The van der Waals surface area contributed by atoms with Crippen molar-refractivity contribution in [3.63, 3.8) is 0 Å². The molecule has 2 aliphatic rings. The Morgan fingerprint density at radius 1 is 1.35 bits per heavy atom. The lowest BCUT2D eigenvalue weighted by Gasteiger charge is -2.48. The fraction of sp³-hybridized carbons (Fsp3) is 0.526. The van der Waals surface area contributed by atoms with Gasteiger partial charge in [0.1, 0.15) is 0 Å². The molecule has 1 aromatic carbocycles. The molecule has 0 radical (unpaired) electrons. The number of amides is 2. The van der Waals surface area contributed by atoms with Crippen molar-refractivity contribution in [1.29, 1.82) is 0 Å². The Bertz CT molecular complexity index is 557. The second-order valence-electron chi connectivity index (χ2n) is 6.86. The third-order valence-corrected chi connectivity index (χ3v) is 5.08. The van der Waals surface area contributed by atoms with Crippen LogP contribution in [-0.4, -0.2) is 35.6 Å². The van der Waals surface area contributed by atoms with Crippen molar-refractivity contribution in [2.75, 3.05) is 11.9 Å². The van der Waals surface area contributed by atoms with Crippen LogP contribution in [0.4, 0.5) is 10.5 Å². The Morgan fingerprint density at radius 2 is 2.09 bits per heavy atom. The van der Waals surface area contributed by atoms with Crippen molar-refractivity contribution in [2.24, 2.45) is 0 Å². The minimum absolute atomic E-state index is 0.0872. The highest BCUT2D eigenvalue weighted by molar-refractivity contribution is 5.89. The summed E-state index contributed by atoms with van der Waals surface area (Å²) in [7, 11) is 0. The molecule has 4 heteroatoms. The van der Waals surface area contributed by atoms with Crippen LogP contribution in [0, 0.1) is 6.92 Å².